The van der Waals surface area contributed by atoms with E-state index < -0.39 is 11.9 Å². The van der Waals surface area contributed by atoms with Crippen LogP contribution in [0.2, 0.25) is 0 Å². The average molecular weight is 320 g/mol. The summed E-state index contributed by atoms with van der Waals surface area (Å²) in [6, 6.07) is 6.66. The van der Waals surface area contributed by atoms with Gasteiger partial charge < -0.3 is 9.47 Å². The van der Waals surface area contributed by atoms with Gasteiger partial charge in [0, 0.05) is 0 Å². The second-order valence-corrected chi connectivity index (χ2v) is 5.75. The fourth-order valence-electron chi connectivity index (χ4n) is 2.32. The molecular weight excluding hydrogens is 292 g/mol. The molecule has 0 aliphatic carbocycles. The molecule has 23 heavy (non-hydrogen) atoms. The smallest absolute Gasteiger partial charge is 0.339 e. The number of unbranched alkanes of at least 4 members (excludes halogenated alkanes) is 3. The molecule has 1 rings (SSSR count). The molecule has 1 aromatic rings. The molecule has 0 saturated heterocycles. The maximum absolute atomic E-state index is 12.2. The minimum atomic E-state index is -0.468. The molecule has 1 atom stereocenters. The number of hydrogen-bond donors (Lipinski definition) is 0. The summed E-state index contributed by atoms with van der Waals surface area (Å²) in [5.74, 6) is -0.929. The van der Waals surface area contributed by atoms with Crippen LogP contribution in [0.4, 0.5) is 0 Å². The summed E-state index contributed by atoms with van der Waals surface area (Å²) >= 11 is 0. The second kappa shape index (κ2) is 10.8. The van der Waals surface area contributed by atoms with Gasteiger partial charge in [-0.25, -0.2) is 9.59 Å². The Morgan fingerprint density at radius 3 is 2.22 bits per heavy atom. The predicted molar refractivity (Wildman–Crippen MR) is 90.7 cm³/mol. The van der Waals surface area contributed by atoms with Gasteiger partial charge in [0.25, 0.3) is 0 Å². The molecule has 1 aromatic carbocycles. The number of carbonyl (C=O) groups excluding carboxylic acids is 2. The first-order valence-corrected chi connectivity index (χ1v) is 8.57. The first-order valence-electron chi connectivity index (χ1n) is 8.57. The van der Waals surface area contributed by atoms with Crippen LogP contribution < -0.4 is 0 Å². The third-order valence-corrected chi connectivity index (χ3v) is 3.60. The fourth-order valence-corrected chi connectivity index (χ4v) is 2.32. The van der Waals surface area contributed by atoms with Crippen LogP contribution in [0.3, 0.4) is 0 Å². The summed E-state index contributed by atoms with van der Waals surface area (Å²) in [6.45, 7) is 6.41. The maximum atomic E-state index is 12.2. The van der Waals surface area contributed by atoms with E-state index in [-0.39, 0.29) is 17.2 Å². The van der Waals surface area contributed by atoms with Gasteiger partial charge in [0.15, 0.2) is 0 Å². The molecule has 4 nitrogen and oxygen atoms in total. The molecule has 0 N–H and O–H groups in total. The maximum Gasteiger partial charge on any atom is 0.339 e. The molecular formula is C19H28O4. The van der Waals surface area contributed by atoms with Gasteiger partial charge >= 0.3 is 11.9 Å². The summed E-state index contributed by atoms with van der Waals surface area (Å²) in [6.07, 6.45) is 5.74. The minimum absolute atomic E-state index is 0.161. The van der Waals surface area contributed by atoms with Crippen molar-refractivity contribution in [2.75, 3.05) is 6.61 Å². The van der Waals surface area contributed by atoms with Gasteiger partial charge in [0.1, 0.15) is 0 Å². The van der Waals surface area contributed by atoms with Crippen LogP contribution >= 0.6 is 0 Å². The molecule has 0 amide bonds. The van der Waals surface area contributed by atoms with Gasteiger partial charge in [-0.15, -0.1) is 0 Å². The van der Waals surface area contributed by atoms with E-state index in [1.807, 2.05) is 13.8 Å². The van der Waals surface area contributed by atoms with Gasteiger partial charge in [0.05, 0.1) is 23.8 Å². The van der Waals surface area contributed by atoms with E-state index in [1.165, 1.54) is 0 Å². The van der Waals surface area contributed by atoms with Crippen LogP contribution in [0.1, 0.15) is 80.0 Å². The Balaban J connectivity index is 2.65. The van der Waals surface area contributed by atoms with E-state index in [2.05, 4.69) is 6.92 Å². The lowest BCUT2D eigenvalue weighted by Gasteiger charge is -2.14. The quantitative estimate of drug-likeness (QED) is 0.460. The average Bonchev–Trinajstić information content (AvgIpc) is 2.54. The highest BCUT2D eigenvalue weighted by atomic mass is 16.5. The molecule has 0 heterocycles. The van der Waals surface area contributed by atoms with Crippen molar-refractivity contribution in [3.8, 4) is 0 Å². The SMILES string of the molecule is CCCCCCOC(=O)c1ccccc1C(=O)OC(C)CCC. The van der Waals surface area contributed by atoms with Crippen LogP contribution in [0.25, 0.3) is 0 Å². The lowest BCUT2D eigenvalue weighted by molar-refractivity contribution is 0.0311. The Morgan fingerprint density at radius 2 is 1.61 bits per heavy atom. The lowest BCUT2D eigenvalue weighted by atomic mass is 10.1. The lowest BCUT2D eigenvalue weighted by Crippen LogP contribution is -2.18. The van der Waals surface area contributed by atoms with Gasteiger partial charge in [-0.3, -0.25) is 0 Å². The highest BCUT2D eigenvalue weighted by Crippen LogP contribution is 2.14. The van der Waals surface area contributed by atoms with E-state index >= 15 is 0 Å². The molecule has 0 saturated carbocycles. The Kier molecular flexibility index (Phi) is 9.03. The van der Waals surface area contributed by atoms with Crippen molar-refractivity contribution in [2.45, 2.75) is 65.4 Å². The van der Waals surface area contributed by atoms with Crippen LogP contribution in [0, 0.1) is 0 Å². The van der Waals surface area contributed by atoms with Crippen molar-refractivity contribution < 1.29 is 19.1 Å². The van der Waals surface area contributed by atoms with E-state index in [4.69, 9.17) is 9.47 Å². The first-order chi connectivity index (χ1) is 11.1. The van der Waals surface area contributed by atoms with Crippen LogP contribution in [-0.2, 0) is 9.47 Å². The second-order valence-electron chi connectivity index (χ2n) is 5.75. The fraction of sp³-hybridized carbons (Fsp3) is 0.579. The molecule has 0 aromatic heterocycles. The molecule has 0 spiro atoms. The summed E-state index contributed by atoms with van der Waals surface area (Å²) in [4.78, 5) is 24.4. The van der Waals surface area contributed by atoms with Crippen molar-refractivity contribution >= 4 is 11.9 Å². The third-order valence-electron chi connectivity index (χ3n) is 3.60. The zero-order valence-corrected chi connectivity index (χ0v) is 14.5. The number of ether oxygens (including phenoxy) is 2. The molecule has 0 aliphatic heterocycles. The van der Waals surface area contributed by atoms with E-state index in [0.29, 0.717) is 6.61 Å². The van der Waals surface area contributed by atoms with Crippen molar-refractivity contribution in [3.05, 3.63) is 35.4 Å². The predicted octanol–water partition coefficient (Wildman–Crippen LogP) is 4.77. The van der Waals surface area contributed by atoms with Gasteiger partial charge in [0.2, 0.25) is 0 Å². The number of benzene rings is 1. The molecule has 128 valence electrons. The van der Waals surface area contributed by atoms with E-state index in [0.717, 1.165) is 38.5 Å². The summed E-state index contributed by atoms with van der Waals surface area (Å²) < 4.78 is 10.6. The van der Waals surface area contributed by atoms with Gasteiger partial charge in [-0.05, 0) is 31.9 Å². The van der Waals surface area contributed by atoms with Crippen molar-refractivity contribution in [2.24, 2.45) is 0 Å². The normalized spacial score (nSPS) is 11.8. The molecule has 0 radical (unpaired) electrons. The Bertz CT molecular complexity index is 496. The largest absolute Gasteiger partial charge is 0.462 e. The van der Waals surface area contributed by atoms with Crippen molar-refractivity contribution in [1.29, 1.82) is 0 Å². The van der Waals surface area contributed by atoms with Crippen molar-refractivity contribution in [3.63, 3.8) is 0 Å². The van der Waals surface area contributed by atoms with Crippen LogP contribution in [-0.4, -0.2) is 24.6 Å². The van der Waals surface area contributed by atoms with E-state index in [1.54, 1.807) is 24.3 Å². The number of rotatable bonds is 10. The first kappa shape index (κ1) is 19.2. The van der Waals surface area contributed by atoms with Crippen molar-refractivity contribution in [1.82, 2.24) is 0 Å². The molecule has 0 fully saturated rings. The Labute approximate surface area is 139 Å². The number of esters is 2. The molecule has 4 heteroatoms. The number of hydrogen-bond acceptors (Lipinski definition) is 4. The Hall–Kier alpha value is -1.84. The summed E-state index contributed by atoms with van der Waals surface area (Å²) in [7, 11) is 0. The van der Waals surface area contributed by atoms with Crippen LogP contribution in [0.5, 0.6) is 0 Å². The molecule has 1 unspecified atom stereocenters. The summed E-state index contributed by atoms with van der Waals surface area (Å²) in [5.41, 5.74) is 0.547. The highest BCUT2D eigenvalue weighted by Gasteiger charge is 2.20. The van der Waals surface area contributed by atoms with Gasteiger partial charge in [-0.2, -0.15) is 0 Å². The standard InChI is InChI=1S/C19H28O4/c1-4-6-7-10-14-22-18(20)16-12-8-9-13-17(16)19(21)23-15(3)11-5-2/h8-9,12-13,15H,4-7,10-11,14H2,1-3H3. The highest BCUT2D eigenvalue weighted by molar-refractivity contribution is 6.03. The zero-order chi connectivity index (χ0) is 17.1. The third kappa shape index (κ3) is 6.85. The van der Waals surface area contributed by atoms with E-state index in [9.17, 15) is 9.59 Å². The summed E-state index contributed by atoms with van der Waals surface area (Å²) in [5, 5.41) is 0. The monoisotopic (exact) mass is 320 g/mol. The van der Waals surface area contributed by atoms with Gasteiger partial charge in [-0.1, -0.05) is 51.7 Å². The Morgan fingerprint density at radius 1 is 0.957 bits per heavy atom. The number of carbonyl (C=O) groups is 2. The zero-order valence-electron chi connectivity index (χ0n) is 14.5. The molecule has 0 aliphatic rings. The van der Waals surface area contributed by atoms with Crippen LogP contribution in [0.15, 0.2) is 24.3 Å². The topological polar surface area (TPSA) is 52.6 Å². The molecule has 0 bridgehead atoms. The minimum Gasteiger partial charge on any atom is -0.462 e.